The first-order valence-electron chi connectivity index (χ1n) is 7.85. The number of aromatic nitrogens is 2. The fourth-order valence-electron chi connectivity index (χ4n) is 2.68. The molecular weight excluding hydrogens is 320 g/mol. The van der Waals surface area contributed by atoms with Crippen LogP contribution in [0.25, 0.3) is 0 Å². The summed E-state index contributed by atoms with van der Waals surface area (Å²) in [6.45, 7) is 3.82. The van der Waals surface area contributed by atoms with Crippen LogP contribution >= 0.6 is 0 Å². The standard InChI is InChI=1S/C18H20N4O3/c1-11-14(12(2)22-17(24)15(11)9-19)6-7-16(23)21-10-13-5-4-8-20-18(13)25-3/h4-5,8H,6-7,10H2,1-3H3,(H,21,23)(H,22,24). The van der Waals surface area contributed by atoms with E-state index in [0.717, 1.165) is 11.1 Å². The summed E-state index contributed by atoms with van der Waals surface area (Å²) in [6.07, 6.45) is 2.32. The van der Waals surface area contributed by atoms with Gasteiger partial charge in [-0.05, 0) is 37.5 Å². The van der Waals surface area contributed by atoms with Gasteiger partial charge in [-0.2, -0.15) is 5.26 Å². The van der Waals surface area contributed by atoms with E-state index < -0.39 is 5.56 Å². The number of nitriles is 1. The number of carbonyl (C=O) groups excluding carboxylic acids is 1. The normalized spacial score (nSPS) is 10.2. The highest BCUT2D eigenvalue weighted by Gasteiger charge is 2.13. The maximum absolute atomic E-state index is 12.1. The van der Waals surface area contributed by atoms with Gasteiger partial charge in [0.15, 0.2) is 0 Å². The fourth-order valence-corrected chi connectivity index (χ4v) is 2.68. The summed E-state index contributed by atoms with van der Waals surface area (Å²) in [5.74, 6) is 0.350. The molecule has 0 aliphatic heterocycles. The number of rotatable bonds is 6. The van der Waals surface area contributed by atoms with Crippen molar-refractivity contribution in [3.8, 4) is 11.9 Å². The van der Waals surface area contributed by atoms with Gasteiger partial charge in [-0.15, -0.1) is 0 Å². The maximum Gasteiger partial charge on any atom is 0.266 e. The Morgan fingerprint density at radius 1 is 1.44 bits per heavy atom. The Labute approximate surface area is 145 Å². The Morgan fingerprint density at radius 2 is 2.20 bits per heavy atom. The van der Waals surface area contributed by atoms with Gasteiger partial charge in [0, 0.05) is 30.4 Å². The quantitative estimate of drug-likeness (QED) is 0.829. The number of hydrogen-bond acceptors (Lipinski definition) is 5. The second-order valence-corrected chi connectivity index (χ2v) is 5.62. The number of carbonyl (C=O) groups is 1. The number of methoxy groups -OCH3 is 1. The molecule has 130 valence electrons. The van der Waals surface area contributed by atoms with Crippen molar-refractivity contribution in [2.75, 3.05) is 7.11 Å². The van der Waals surface area contributed by atoms with Gasteiger partial charge in [-0.25, -0.2) is 4.98 Å². The molecule has 2 aromatic rings. The van der Waals surface area contributed by atoms with E-state index in [1.165, 1.54) is 7.11 Å². The molecule has 7 nitrogen and oxygen atoms in total. The summed E-state index contributed by atoms with van der Waals surface area (Å²) in [6, 6.07) is 5.53. The SMILES string of the molecule is COc1ncccc1CNC(=O)CCc1c(C)[nH]c(=O)c(C#N)c1C. The van der Waals surface area contributed by atoms with Crippen molar-refractivity contribution >= 4 is 5.91 Å². The Bertz CT molecular complexity index is 881. The molecule has 0 aliphatic carbocycles. The van der Waals surface area contributed by atoms with Crippen LogP contribution < -0.4 is 15.6 Å². The molecule has 0 aliphatic rings. The molecule has 0 atom stereocenters. The van der Waals surface area contributed by atoms with Gasteiger partial charge >= 0.3 is 0 Å². The zero-order chi connectivity index (χ0) is 18.4. The number of aromatic amines is 1. The highest BCUT2D eigenvalue weighted by Crippen LogP contribution is 2.16. The summed E-state index contributed by atoms with van der Waals surface area (Å²) in [4.78, 5) is 30.6. The second-order valence-electron chi connectivity index (χ2n) is 5.62. The van der Waals surface area contributed by atoms with Gasteiger partial charge in [0.05, 0.1) is 7.11 Å². The number of nitrogens with zero attached hydrogens (tertiary/aromatic N) is 2. The number of amides is 1. The lowest BCUT2D eigenvalue weighted by Crippen LogP contribution is -2.24. The Morgan fingerprint density at radius 3 is 2.88 bits per heavy atom. The third-order valence-electron chi connectivity index (χ3n) is 4.04. The monoisotopic (exact) mass is 340 g/mol. The van der Waals surface area contributed by atoms with Crippen molar-refractivity contribution in [3.05, 3.63) is 56.6 Å². The lowest BCUT2D eigenvalue weighted by atomic mass is 9.99. The van der Waals surface area contributed by atoms with Crippen molar-refractivity contribution in [1.82, 2.24) is 15.3 Å². The van der Waals surface area contributed by atoms with E-state index in [0.29, 0.717) is 30.1 Å². The molecular formula is C18H20N4O3. The van der Waals surface area contributed by atoms with E-state index in [-0.39, 0.29) is 17.9 Å². The van der Waals surface area contributed by atoms with Crippen LogP contribution in [0.15, 0.2) is 23.1 Å². The Kier molecular flexibility index (Phi) is 5.90. The van der Waals surface area contributed by atoms with E-state index in [1.807, 2.05) is 12.1 Å². The maximum atomic E-state index is 12.1. The van der Waals surface area contributed by atoms with E-state index in [1.54, 1.807) is 26.1 Å². The van der Waals surface area contributed by atoms with E-state index in [4.69, 9.17) is 10.00 Å². The Balaban J connectivity index is 2.01. The van der Waals surface area contributed by atoms with Gasteiger partial charge in [-0.1, -0.05) is 6.07 Å². The number of H-pyrrole nitrogens is 1. The van der Waals surface area contributed by atoms with Gasteiger partial charge in [0.25, 0.3) is 5.56 Å². The summed E-state index contributed by atoms with van der Waals surface area (Å²) in [5, 5.41) is 11.9. The van der Waals surface area contributed by atoms with Gasteiger partial charge in [0.2, 0.25) is 11.8 Å². The molecule has 25 heavy (non-hydrogen) atoms. The summed E-state index contributed by atoms with van der Waals surface area (Å²) in [5.41, 5.74) is 2.64. The molecule has 0 radical (unpaired) electrons. The van der Waals surface area contributed by atoms with Crippen molar-refractivity contribution in [2.45, 2.75) is 33.2 Å². The van der Waals surface area contributed by atoms with Crippen LogP contribution in [-0.4, -0.2) is 23.0 Å². The molecule has 0 bridgehead atoms. The Hall–Kier alpha value is -3.14. The molecule has 0 unspecified atom stereocenters. The number of pyridine rings is 2. The van der Waals surface area contributed by atoms with Gasteiger partial charge in [0.1, 0.15) is 11.6 Å². The van der Waals surface area contributed by atoms with E-state index in [9.17, 15) is 9.59 Å². The second kappa shape index (κ2) is 8.11. The lowest BCUT2D eigenvalue weighted by Gasteiger charge is -2.11. The number of hydrogen-bond donors (Lipinski definition) is 2. The molecule has 0 fully saturated rings. The van der Waals surface area contributed by atoms with Crippen LogP contribution in [0.1, 0.15) is 34.4 Å². The summed E-state index contributed by atoms with van der Waals surface area (Å²) < 4.78 is 5.15. The van der Waals surface area contributed by atoms with Crippen molar-refractivity contribution in [1.29, 1.82) is 5.26 Å². The molecule has 0 spiro atoms. The highest BCUT2D eigenvalue weighted by atomic mass is 16.5. The molecule has 2 aromatic heterocycles. The van der Waals surface area contributed by atoms with Crippen molar-refractivity contribution in [2.24, 2.45) is 0 Å². The van der Waals surface area contributed by atoms with Crippen LogP contribution in [0, 0.1) is 25.2 Å². The predicted octanol–water partition coefficient (Wildman–Crippen LogP) is 1.52. The van der Waals surface area contributed by atoms with E-state index >= 15 is 0 Å². The third kappa shape index (κ3) is 4.23. The van der Waals surface area contributed by atoms with Gasteiger partial charge in [-0.3, -0.25) is 9.59 Å². The van der Waals surface area contributed by atoms with Crippen molar-refractivity contribution < 1.29 is 9.53 Å². The first kappa shape index (κ1) is 18.2. The topological polar surface area (TPSA) is 108 Å². The summed E-state index contributed by atoms with van der Waals surface area (Å²) >= 11 is 0. The molecule has 2 heterocycles. The zero-order valence-electron chi connectivity index (χ0n) is 14.5. The number of ether oxygens (including phenoxy) is 1. The first-order chi connectivity index (χ1) is 12.0. The van der Waals surface area contributed by atoms with Gasteiger partial charge < -0.3 is 15.0 Å². The largest absolute Gasteiger partial charge is 0.481 e. The van der Waals surface area contributed by atoms with Crippen LogP contribution in [-0.2, 0) is 17.8 Å². The average molecular weight is 340 g/mol. The third-order valence-corrected chi connectivity index (χ3v) is 4.04. The zero-order valence-corrected chi connectivity index (χ0v) is 14.5. The van der Waals surface area contributed by atoms with Crippen LogP contribution in [0.3, 0.4) is 0 Å². The molecule has 1 amide bonds. The number of aryl methyl sites for hydroxylation is 1. The molecule has 2 rings (SSSR count). The minimum atomic E-state index is -0.394. The minimum absolute atomic E-state index is 0.0982. The smallest absolute Gasteiger partial charge is 0.266 e. The summed E-state index contributed by atoms with van der Waals surface area (Å²) in [7, 11) is 1.53. The molecule has 7 heteroatoms. The average Bonchev–Trinajstić information content (AvgIpc) is 2.60. The minimum Gasteiger partial charge on any atom is -0.481 e. The van der Waals surface area contributed by atoms with Crippen molar-refractivity contribution in [3.63, 3.8) is 0 Å². The molecule has 0 aromatic carbocycles. The molecule has 0 saturated carbocycles. The highest BCUT2D eigenvalue weighted by molar-refractivity contribution is 5.76. The van der Waals surface area contributed by atoms with Crippen LogP contribution in [0.5, 0.6) is 5.88 Å². The first-order valence-corrected chi connectivity index (χ1v) is 7.85. The van der Waals surface area contributed by atoms with Crippen LogP contribution in [0.2, 0.25) is 0 Å². The lowest BCUT2D eigenvalue weighted by molar-refractivity contribution is -0.121. The molecule has 2 N–H and O–H groups in total. The predicted molar refractivity (Wildman–Crippen MR) is 92.2 cm³/mol. The number of nitrogens with one attached hydrogen (secondary N) is 2. The fraction of sp³-hybridized carbons (Fsp3) is 0.333. The molecule has 0 saturated heterocycles. The van der Waals surface area contributed by atoms with E-state index in [2.05, 4.69) is 15.3 Å². The van der Waals surface area contributed by atoms with Crippen LogP contribution in [0.4, 0.5) is 0 Å².